The molecule has 2 aliphatic rings. The molecule has 26 heavy (non-hydrogen) atoms. The highest BCUT2D eigenvalue weighted by Crippen LogP contribution is 2.21. The summed E-state index contributed by atoms with van der Waals surface area (Å²) in [7, 11) is 0. The first-order valence-electron chi connectivity index (χ1n) is 10.1. The monoisotopic (exact) mass is 354 g/mol. The van der Waals surface area contributed by atoms with E-state index in [1.54, 1.807) is 6.08 Å². The zero-order valence-electron chi connectivity index (χ0n) is 15.5. The first-order chi connectivity index (χ1) is 12.8. The van der Waals surface area contributed by atoms with Gasteiger partial charge < -0.3 is 10.1 Å². The number of nitrogens with zero attached hydrogens (tertiary/aromatic N) is 1. The molecule has 2 fully saturated rings. The molecular formula is C22H30N2O2. The third kappa shape index (κ3) is 6.32. The number of ether oxygens (including phenoxy) is 1. The normalized spacial score (nSPS) is 20.2. The van der Waals surface area contributed by atoms with Gasteiger partial charge in [0, 0.05) is 12.1 Å². The van der Waals surface area contributed by atoms with Crippen LogP contribution < -0.4 is 5.32 Å². The number of hydrogen-bond acceptors (Lipinski definition) is 3. The highest BCUT2D eigenvalue weighted by molar-refractivity contribution is 5.95. The predicted octanol–water partition coefficient (Wildman–Crippen LogP) is 4.85. The molecule has 0 saturated heterocycles. The van der Waals surface area contributed by atoms with Crippen LogP contribution in [0.25, 0.3) is 6.08 Å². The van der Waals surface area contributed by atoms with E-state index in [1.807, 2.05) is 30.3 Å². The van der Waals surface area contributed by atoms with E-state index < -0.39 is 0 Å². The summed E-state index contributed by atoms with van der Waals surface area (Å²) < 4.78 is 5.59. The molecule has 0 spiro atoms. The molecule has 0 radical (unpaired) electrons. The second kappa shape index (κ2) is 10.1. The van der Waals surface area contributed by atoms with E-state index in [1.165, 1.54) is 44.6 Å². The third-order valence-corrected chi connectivity index (χ3v) is 5.22. The standard InChI is InChI=1S/C22H30N2O2/c25-21(17-16-18-10-4-1-5-11-18)26-22(23-19-12-6-2-7-13-19)24-20-14-8-3-9-15-20/h1,4-5,10-11,16-17,19-20H,2-3,6-9,12-15H2,(H,23,24)/b17-16+. The van der Waals surface area contributed by atoms with Gasteiger partial charge in [0.15, 0.2) is 0 Å². The van der Waals surface area contributed by atoms with Crippen molar-refractivity contribution < 1.29 is 9.53 Å². The lowest BCUT2D eigenvalue weighted by Crippen LogP contribution is -2.39. The summed E-state index contributed by atoms with van der Waals surface area (Å²) in [4.78, 5) is 17.0. The van der Waals surface area contributed by atoms with Crippen LogP contribution >= 0.6 is 0 Å². The average Bonchev–Trinajstić information content (AvgIpc) is 2.69. The Labute approximate surface area is 156 Å². The van der Waals surface area contributed by atoms with Gasteiger partial charge in [-0.2, -0.15) is 0 Å². The lowest BCUT2D eigenvalue weighted by Gasteiger charge is -2.25. The van der Waals surface area contributed by atoms with Crippen LogP contribution in [0, 0.1) is 0 Å². The lowest BCUT2D eigenvalue weighted by molar-refractivity contribution is -0.130. The van der Waals surface area contributed by atoms with E-state index >= 15 is 0 Å². The smallest absolute Gasteiger partial charge is 0.338 e. The quantitative estimate of drug-likeness (QED) is 0.364. The van der Waals surface area contributed by atoms with E-state index in [9.17, 15) is 4.79 Å². The Kier molecular flexibility index (Phi) is 7.29. The molecule has 1 N–H and O–H groups in total. The maximum Gasteiger partial charge on any atom is 0.338 e. The van der Waals surface area contributed by atoms with E-state index in [0.717, 1.165) is 31.2 Å². The lowest BCUT2D eigenvalue weighted by atomic mass is 9.95. The molecule has 2 saturated carbocycles. The van der Waals surface area contributed by atoms with Crippen LogP contribution in [0.4, 0.5) is 0 Å². The van der Waals surface area contributed by atoms with Crippen LogP contribution in [0.2, 0.25) is 0 Å². The number of esters is 1. The van der Waals surface area contributed by atoms with Gasteiger partial charge in [-0.3, -0.25) is 0 Å². The average molecular weight is 354 g/mol. The Morgan fingerprint density at radius 1 is 0.962 bits per heavy atom. The molecule has 0 bridgehead atoms. The Balaban J connectivity index is 1.62. The van der Waals surface area contributed by atoms with Gasteiger partial charge in [0.05, 0.1) is 6.04 Å². The fraction of sp³-hybridized carbons (Fsp3) is 0.545. The van der Waals surface area contributed by atoms with Crippen molar-refractivity contribution in [3.8, 4) is 0 Å². The van der Waals surface area contributed by atoms with Crippen molar-refractivity contribution in [3.63, 3.8) is 0 Å². The van der Waals surface area contributed by atoms with Gasteiger partial charge in [0.1, 0.15) is 0 Å². The molecule has 0 aliphatic heterocycles. The zero-order valence-corrected chi connectivity index (χ0v) is 15.5. The Hall–Kier alpha value is -2.10. The number of aliphatic imine (C=N–C) groups is 1. The van der Waals surface area contributed by atoms with E-state index in [-0.39, 0.29) is 12.0 Å². The summed E-state index contributed by atoms with van der Waals surface area (Å²) in [6.45, 7) is 0. The predicted molar refractivity (Wildman–Crippen MR) is 106 cm³/mol. The van der Waals surface area contributed by atoms with Crippen molar-refractivity contribution in [1.29, 1.82) is 0 Å². The number of amidine groups is 1. The second-order valence-electron chi connectivity index (χ2n) is 7.37. The van der Waals surface area contributed by atoms with E-state index in [2.05, 4.69) is 5.32 Å². The molecule has 0 amide bonds. The van der Waals surface area contributed by atoms with Crippen LogP contribution in [0.3, 0.4) is 0 Å². The molecule has 3 rings (SSSR count). The van der Waals surface area contributed by atoms with Gasteiger partial charge in [0.25, 0.3) is 6.02 Å². The number of benzene rings is 1. The number of nitrogens with one attached hydrogen (secondary N) is 1. The topological polar surface area (TPSA) is 50.7 Å². The zero-order chi connectivity index (χ0) is 18.0. The first-order valence-corrected chi connectivity index (χ1v) is 10.1. The SMILES string of the molecule is O=C(/C=C/c1ccccc1)OC(=NC1CCCCC1)NC1CCCCC1. The van der Waals surface area contributed by atoms with Crippen molar-refractivity contribution in [2.24, 2.45) is 4.99 Å². The van der Waals surface area contributed by atoms with Gasteiger partial charge in [-0.15, -0.1) is 0 Å². The van der Waals surface area contributed by atoms with Gasteiger partial charge in [0.2, 0.25) is 0 Å². The Bertz CT molecular complexity index is 612. The summed E-state index contributed by atoms with van der Waals surface area (Å²) in [5.41, 5.74) is 0.982. The van der Waals surface area contributed by atoms with Gasteiger partial charge >= 0.3 is 5.97 Å². The number of carbonyl (C=O) groups excluding carboxylic acids is 1. The Morgan fingerprint density at radius 2 is 1.62 bits per heavy atom. The minimum Gasteiger partial charge on any atom is -0.389 e. The van der Waals surface area contributed by atoms with Crippen LogP contribution in [-0.4, -0.2) is 24.1 Å². The highest BCUT2D eigenvalue weighted by Gasteiger charge is 2.19. The van der Waals surface area contributed by atoms with Crippen molar-refractivity contribution in [1.82, 2.24) is 5.32 Å². The first kappa shape index (κ1) is 18.7. The fourth-order valence-electron chi connectivity index (χ4n) is 3.75. The van der Waals surface area contributed by atoms with Gasteiger partial charge in [-0.1, -0.05) is 68.9 Å². The third-order valence-electron chi connectivity index (χ3n) is 5.22. The number of hydrogen-bond donors (Lipinski definition) is 1. The molecular weight excluding hydrogens is 324 g/mol. The maximum absolute atomic E-state index is 12.3. The molecule has 0 unspecified atom stereocenters. The molecule has 0 atom stereocenters. The molecule has 4 heteroatoms. The second-order valence-corrected chi connectivity index (χ2v) is 7.37. The fourth-order valence-corrected chi connectivity index (χ4v) is 3.75. The van der Waals surface area contributed by atoms with Crippen molar-refractivity contribution >= 4 is 18.1 Å². The summed E-state index contributed by atoms with van der Waals surface area (Å²) in [5.74, 6) is -0.369. The van der Waals surface area contributed by atoms with Crippen molar-refractivity contribution in [2.45, 2.75) is 76.3 Å². The molecule has 2 aliphatic carbocycles. The molecule has 0 aromatic heterocycles. The van der Waals surface area contributed by atoms with Crippen molar-refractivity contribution in [3.05, 3.63) is 42.0 Å². The molecule has 4 nitrogen and oxygen atoms in total. The van der Waals surface area contributed by atoms with Crippen molar-refractivity contribution in [2.75, 3.05) is 0 Å². The van der Waals surface area contributed by atoms with Crippen LogP contribution in [0.5, 0.6) is 0 Å². The summed E-state index contributed by atoms with van der Waals surface area (Å²) in [6.07, 6.45) is 15.2. The highest BCUT2D eigenvalue weighted by atomic mass is 16.6. The summed E-state index contributed by atoms with van der Waals surface area (Å²) in [5, 5.41) is 3.41. The molecule has 1 aromatic rings. The summed E-state index contributed by atoms with van der Waals surface area (Å²) in [6, 6.07) is 10.8. The number of rotatable bonds is 4. The van der Waals surface area contributed by atoms with Crippen LogP contribution in [0.1, 0.15) is 69.8 Å². The van der Waals surface area contributed by atoms with Crippen LogP contribution in [0.15, 0.2) is 41.4 Å². The minimum absolute atomic E-state index is 0.278. The largest absolute Gasteiger partial charge is 0.389 e. The van der Waals surface area contributed by atoms with E-state index in [0.29, 0.717) is 12.1 Å². The molecule has 140 valence electrons. The Morgan fingerprint density at radius 3 is 2.31 bits per heavy atom. The molecule has 0 heterocycles. The number of carbonyl (C=O) groups is 1. The van der Waals surface area contributed by atoms with Crippen LogP contribution in [-0.2, 0) is 9.53 Å². The van der Waals surface area contributed by atoms with Gasteiger partial charge in [-0.05, 0) is 37.3 Å². The minimum atomic E-state index is -0.369. The van der Waals surface area contributed by atoms with Gasteiger partial charge in [-0.25, -0.2) is 9.79 Å². The molecule has 1 aromatic carbocycles. The van der Waals surface area contributed by atoms with E-state index in [4.69, 9.17) is 9.73 Å². The summed E-state index contributed by atoms with van der Waals surface area (Å²) >= 11 is 0. The maximum atomic E-state index is 12.3.